The van der Waals surface area contributed by atoms with E-state index in [-0.39, 0.29) is 6.61 Å². The molecule has 3 aromatic rings. The Labute approximate surface area is 176 Å². The number of nitrogens with one attached hydrogen (secondary N) is 1. The lowest BCUT2D eigenvalue weighted by Gasteiger charge is -2.32. The third-order valence-electron chi connectivity index (χ3n) is 4.65. The highest BCUT2D eigenvalue weighted by molar-refractivity contribution is 5.94. The van der Waals surface area contributed by atoms with Gasteiger partial charge in [0.25, 0.3) is 5.91 Å². The highest BCUT2D eigenvalue weighted by Crippen LogP contribution is 2.35. The van der Waals surface area contributed by atoms with Gasteiger partial charge in [-0.15, -0.1) is 0 Å². The zero-order valence-corrected chi connectivity index (χ0v) is 17.1. The topological polar surface area (TPSA) is 64.6 Å². The third-order valence-corrected chi connectivity index (χ3v) is 4.65. The lowest BCUT2D eigenvalue weighted by Crippen LogP contribution is -2.42. The molecule has 0 aliphatic rings. The molecule has 0 radical (unpaired) electrons. The molecule has 0 saturated heterocycles. The van der Waals surface area contributed by atoms with Crippen LogP contribution in [-0.4, -0.2) is 25.1 Å². The van der Waals surface area contributed by atoms with Crippen molar-refractivity contribution in [1.82, 2.24) is 0 Å². The first-order valence-electron chi connectivity index (χ1n) is 9.85. The van der Waals surface area contributed by atoms with Crippen molar-refractivity contribution >= 4 is 17.6 Å². The van der Waals surface area contributed by atoms with Crippen LogP contribution in [0.25, 0.3) is 0 Å². The molecule has 0 fully saturated rings. The highest BCUT2D eigenvalue weighted by Gasteiger charge is 2.45. The van der Waals surface area contributed by atoms with Crippen molar-refractivity contribution in [3.63, 3.8) is 0 Å². The quantitative estimate of drug-likeness (QED) is 0.564. The van der Waals surface area contributed by atoms with E-state index in [9.17, 15) is 9.59 Å². The summed E-state index contributed by atoms with van der Waals surface area (Å²) in [5, 5.41) is 2.74. The van der Waals surface area contributed by atoms with E-state index in [1.54, 1.807) is 6.07 Å². The van der Waals surface area contributed by atoms with Crippen LogP contribution in [-0.2, 0) is 24.7 Å². The summed E-state index contributed by atoms with van der Waals surface area (Å²) in [4.78, 5) is 25.7. The van der Waals surface area contributed by atoms with E-state index in [1.165, 1.54) is 0 Å². The number of benzene rings is 3. The maximum Gasteiger partial charge on any atom is 0.348 e. The predicted octanol–water partition coefficient (Wildman–Crippen LogP) is 4.46. The van der Waals surface area contributed by atoms with Gasteiger partial charge >= 0.3 is 5.97 Å². The molecule has 0 bridgehead atoms. The summed E-state index contributed by atoms with van der Waals surface area (Å²) in [7, 11) is 0. The summed E-state index contributed by atoms with van der Waals surface area (Å²) >= 11 is 0. The zero-order valence-electron chi connectivity index (χ0n) is 17.1. The van der Waals surface area contributed by atoms with E-state index in [0.29, 0.717) is 16.8 Å². The van der Waals surface area contributed by atoms with Crippen LogP contribution >= 0.6 is 0 Å². The van der Waals surface area contributed by atoms with E-state index in [1.807, 2.05) is 92.7 Å². The number of amides is 1. The number of anilines is 1. The Morgan fingerprint density at radius 3 is 2.00 bits per heavy atom. The zero-order chi connectivity index (χ0) is 21.4. The van der Waals surface area contributed by atoms with Crippen molar-refractivity contribution in [2.75, 3.05) is 18.5 Å². The average molecular weight is 403 g/mol. The van der Waals surface area contributed by atoms with E-state index in [0.717, 1.165) is 5.56 Å². The summed E-state index contributed by atoms with van der Waals surface area (Å²) in [5.41, 5.74) is 1.50. The molecule has 0 aliphatic carbocycles. The maximum atomic E-state index is 13.3. The molecule has 3 aromatic carbocycles. The smallest absolute Gasteiger partial charge is 0.348 e. The van der Waals surface area contributed by atoms with Gasteiger partial charge in [-0.3, -0.25) is 4.79 Å². The third kappa shape index (κ3) is 4.75. The Bertz CT molecular complexity index is 947. The van der Waals surface area contributed by atoms with Crippen LogP contribution in [0.3, 0.4) is 0 Å². The van der Waals surface area contributed by atoms with Crippen LogP contribution in [0.15, 0.2) is 84.9 Å². The van der Waals surface area contributed by atoms with E-state index < -0.39 is 24.1 Å². The van der Waals surface area contributed by atoms with Crippen molar-refractivity contribution in [2.45, 2.75) is 19.4 Å². The van der Waals surface area contributed by atoms with Gasteiger partial charge in [0, 0.05) is 12.3 Å². The standard InChI is InChI=1S/C25H25NO4/c1-3-30-25(20-12-6-4-7-13-20,21-14-8-5-9-15-21)24(28)29-18-23(27)26-22-16-10-11-19(2)17-22/h4-17H,3,18H2,1-2H3,(H,26,27). The van der Waals surface area contributed by atoms with Crippen molar-refractivity contribution in [3.8, 4) is 0 Å². The maximum absolute atomic E-state index is 13.3. The Balaban J connectivity index is 1.84. The van der Waals surface area contributed by atoms with Gasteiger partial charge in [0.15, 0.2) is 6.61 Å². The number of esters is 1. The molecule has 154 valence electrons. The minimum absolute atomic E-state index is 0.286. The fourth-order valence-corrected chi connectivity index (χ4v) is 3.34. The molecule has 1 amide bonds. The first-order valence-corrected chi connectivity index (χ1v) is 9.85. The number of hydrogen-bond donors (Lipinski definition) is 1. The molecule has 30 heavy (non-hydrogen) atoms. The molecule has 5 nitrogen and oxygen atoms in total. The molecule has 0 aromatic heterocycles. The van der Waals surface area contributed by atoms with Crippen LogP contribution in [0.2, 0.25) is 0 Å². The highest BCUT2D eigenvalue weighted by atomic mass is 16.6. The number of rotatable bonds is 8. The predicted molar refractivity (Wildman–Crippen MR) is 116 cm³/mol. The normalized spacial score (nSPS) is 11.0. The number of aryl methyl sites for hydroxylation is 1. The Morgan fingerprint density at radius 2 is 1.47 bits per heavy atom. The summed E-state index contributed by atoms with van der Waals surface area (Å²) < 4.78 is 11.5. The molecule has 5 heteroatoms. The average Bonchev–Trinajstić information content (AvgIpc) is 2.77. The number of hydrogen-bond acceptors (Lipinski definition) is 4. The minimum Gasteiger partial charge on any atom is -0.453 e. The molecule has 0 saturated carbocycles. The Hall–Kier alpha value is -3.44. The van der Waals surface area contributed by atoms with Gasteiger partial charge in [-0.25, -0.2) is 4.79 Å². The van der Waals surface area contributed by atoms with Gasteiger partial charge in [0.05, 0.1) is 0 Å². The van der Waals surface area contributed by atoms with Gasteiger partial charge in [0.1, 0.15) is 0 Å². The molecular formula is C25H25NO4. The lowest BCUT2D eigenvalue weighted by atomic mass is 9.86. The SMILES string of the molecule is CCOC(C(=O)OCC(=O)Nc1cccc(C)c1)(c1ccccc1)c1ccccc1. The fourth-order valence-electron chi connectivity index (χ4n) is 3.34. The summed E-state index contributed by atoms with van der Waals surface area (Å²) in [6.07, 6.45) is 0. The van der Waals surface area contributed by atoms with Crippen LogP contribution in [0.4, 0.5) is 5.69 Å². The van der Waals surface area contributed by atoms with E-state index in [4.69, 9.17) is 9.47 Å². The van der Waals surface area contributed by atoms with Gasteiger partial charge < -0.3 is 14.8 Å². The second kappa shape index (κ2) is 9.85. The first kappa shape index (κ1) is 21.3. The van der Waals surface area contributed by atoms with Gasteiger partial charge in [0.2, 0.25) is 5.60 Å². The van der Waals surface area contributed by atoms with Crippen molar-refractivity contribution in [2.24, 2.45) is 0 Å². The number of carbonyl (C=O) groups excluding carboxylic acids is 2. The van der Waals surface area contributed by atoms with Crippen LogP contribution in [0.1, 0.15) is 23.6 Å². The van der Waals surface area contributed by atoms with Crippen LogP contribution < -0.4 is 5.32 Å². The molecule has 1 N–H and O–H groups in total. The Morgan fingerprint density at radius 1 is 0.867 bits per heavy atom. The molecule has 0 spiro atoms. The molecule has 3 rings (SSSR count). The van der Waals surface area contributed by atoms with E-state index >= 15 is 0 Å². The second-order valence-corrected chi connectivity index (χ2v) is 6.84. The molecule has 0 heterocycles. The second-order valence-electron chi connectivity index (χ2n) is 6.84. The molecular weight excluding hydrogens is 378 g/mol. The monoisotopic (exact) mass is 403 g/mol. The summed E-state index contributed by atoms with van der Waals surface area (Å²) in [6.45, 7) is 3.62. The van der Waals surface area contributed by atoms with E-state index in [2.05, 4.69) is 5.32 Å². The van der Waals surface area contributed by atoms with Crippen molar-refractivity contribution < 1.29 is 19.1 Å². The molecule has 0 atom stereocenters. The molecule has 0 unspecified atom stereocenters. The Kier molecular flexibility index (Phi) is 6.99. The van der Waals surface area contributed by atoms with Crippen LogP contribution in [0.5, 0.6) is 0 Å². The molecule has 0 aliphatic heterocycles. The fraction of sp³-hybridized carbons (Fsp3) is 0.200. The van der Waals surface area contributed by atoms with Crippen molar-refractivity contribution in [3.05, 3.63) is 102 Å². The van der Waals surface area contributed by atoms with Crippen LogP contribution in [0, 0.1) is 6.92 Å². The lowest BCUT2D eigenvalue weighted by molar-refractivity contribution is -0.169. The first-order chi connectivity index (χ1) is 14.6. The number of ether oxygens (including phenoxy) is 2. The minimum atomic E-state index is -1.46. The number of carbonyl (C=O) groups is 2. The van der Waals surface area contributed by atoms with Crippen molar-refractivity contribution in [1.29, 1.82) is 0 Å². The van der Waals surface area contributed by atoms with Gasteiger partial charge in [-0.05, 0) is 42.7 Å². The van der Waals surface area contributed by atoms with Gasteiger partial charge in [-0.2, -0.15) is 0 Å². The largest absolute Gasteiger partial charge is 0.453 e. The summed E-state index contributed by atoms with van der Waals surface area (Å²) in [5.74, 6) is -1.05. The van der Waals surface area contributed by atoms with Gasteiger partial charge in [-0.1, -0.05) is 72.8 Å². The summed E-state index contributed by atoms with van der Waals surface area (Å²) in [6, 6.07) is 25.8.